The Kier molecular flexibility index (Phi) is 8.43. The molecule has 0 atom stereocenters. The van der Waals surface area contributed by atoms with Crippen molar-refractivity contribution in [1.82, 2.24) is 9.80 Å². The third-order valence-electron chi connectivity index (χ3n) is 6.02. The molecule has 33 heavy (non-hydrogen) atoms. The first kappa shape index (κ1) is 24.7. The van der Waals surface area contributed by atoms with Gasteiger partial charge in [-0.25, -0.2) is 4.99 Å². The molecule has 1 aromatic rings. The van der Waals surface area contributed by atoms with E-state index in [0.717, 1.165) is 32.1 Å². The normalized spacial score (nSPS) is 16.2. The number of benzene rings is 1. The van der Waals surface area contributed by atoms with E-state index in [9.17, 15) is 19.5 Å². The second kappa shape index (κ2) is 11.3. The molecule has 3 N–H and O–H groups in total. The van der Waals surface area contributed by atoms with Gasteiger partial charge in [-0.15, -0.1) is 0 Å². The molecule has 1 aromatic carbocycles. The molecule has 0 saturated heterocycles. The number of ether oxygens (including phenoxy) is 1. The van der Waals surface area contributed by atoms with Gasteiger partial charge in [-0.05, 0) is 39.2 Å². The summed E-state index contributed by atoms with van der Waals surface area (Å²) in [6.07, 6.45) is 5.08. The summed E-state index contributed by atoms with van der Waals surface area (Å²) in [4.78, 5) is 46.4. The Labute approximate surface area is 194 Å². The number of ketones is 1. The topological polar surface area (TPSA) is 126 Å². The maximum absolute atomic E-state index is 13.4. The number of nitrogens with two attached hydrogens (primary N) is 1. The fraction of sp³-hybridized carbons (Fsp3) is 0.583. The van der Waals surface area contributed by atoms with E-state index in [1.165, 1.54) is 0 Å². The molecule has 3 rings (SSSR count). The highest BCUT2D eigenvalue weighted by atomic mass is 16.5. The number of aliphatic hydroxyl groups is 1. The second-order valence-electron chi connectivity index (χ2n) is 8.86. The van der Waals surface area contributed by atoms with Crippen LogP contribution in [0.4, 0.5) is 5.69 Å². The van der Waals surface area contributed by atoms with Gasteiger partial charge in [0.25, 0.3) is 11.7 Å². The van der Waals surface area contributed by atoms with Crippen LogP contribution in [0.25, 0.3) is 0 Å². The van der Waals surface area contributed by atoms with Gasteiger partial charge in [0.1, 0.15) is 6.54 Å². The first-order chi connectivity index (χ1) is 15.8. The third-order valence-corrected chi connectivity index (χ3v) is 6.02. The number of nitrogens with zero attached hydrogens (tertiary/aromatic N) is 3. The lowest BCUT2D eigenvalue weighted by atomic mass is 9.93. The summed E-state index contributed by atoms with van der Waals surface area (Å²) in [5, 5.41) is 9.30. The number of esters is 1. The summed E-state index contributed by atoms with van der Waals surface area (Å²) in [6, 6.07) is 5.04. The van der Waals surface area contributed by atoms with E-state index in [1.807, 2.05) is 0 Å². The Balaban J connectivity index is 1.84. The molecule has 1 amide bonds. The Morgan fingerprint density at radius 2 is 1.97 bits per heavy atom. The van der Waals surface area contributed by atoms with Crippen LogP contribution < -0.4 is 5.73 Å². The van der Waals surface area contributed by atoms with Crippen molar-refractivity contribution in [3.05, 3.63) is 29.3 Å². The van der Waals surface area contributed by atoms with Gasteiger partial charge < -0.3 is 25.4 Å². The maximum atomic E-state index is 13.4. The lowest BCUT2D eigenvalue weighted by Crippen LogP contribution is -2.46. The lowest BCUT2D eigenvalue weighted by Gasteiger charge is -2.34. The summed E-state index contributed by atoms with van der Waals surface area (Å²) in [7, 11) is 0. The van der Waals surface area contributed by atoms with Crippen molar-refractivity contribution in [2.24, 2.45) is 10.7 Å². The number of amides is 1. The zero-order valence-electron chi connectivity index (χ0n) is 19.5. The van der Waals surface area contributed by atoms with Crippen LogP contribution in [0, 0.1) is 0 Å². The summed E-state index contributed by atoms with van der Waals surface area (Å²) in [6.45, 7) is 3.90. The lowest BCUT2D eigenvalue weighted by molar-refractivity contribution is -0.147. The van der Waals surface area contributed by atoms with E-state index in [-0.39, 0.29) is 43.4 Å². The predicted molar refractivity (Wildman–Crippen MR) is 124 cm³/mol. The summed E-state index contributed by atoms with van der Waals surface area (Å²) >= 11 is 0. The van der Waals surface area contributed by atoms with Crippen molar-refractivity contribution in [2.45, 2.75) is 71.1 Å². The average molecular weight is 459 g/mol. The monoisotopic (exact) mass is 458 g/mol. The highest BCUT2D eigenvalue weighted by Crippen LogP contribution is 2.30. The SMILES string of the molecule is CC(C)OC(=O)CN1Cc2c(cccc2C(=O)C(=O)N(CCCO)C2CCCCC2)N=C1N. The first-order valence-corrected chi connectivity index (χ1v) is 11.7. The standard InChI is InChI=1S/C24H34N4O5/c1-16(2)33-21(30)15-27-14-19-18(10-6-11-20(19)26-24(27)25)22(31)23(32)28(12-7-13-29)17-8-4-3-5-9-17/h6,10-11,16-17,29H,3-5,7-9,12-15H2,1-2H3,(H2,25,26). The Morgan fingerprint density at radius 1 is 1.24 bits per heavy atom. The molecule has 1 heterocycles. The summed E-state index contributed by atoms with van der Waals surface area (Å²) < 4.78 is 5.20. The number of carbonyl (C=O) groups is 3. The van der Waals surface area contributed by atoms with Crippen molar-refractivity contribution in [3.63, 3.8) is 0 Å². The highest BCUT2D eigenvalue weighted by Gasteiger charge is 2.33. The van der Waals surface area contributed by atoms with Gasteiger partial charge in [0.15, 0.2) is 5.96 Å². The van der Waals surface area contributed by atoms with E-state index in [4.69, 9.17) is 10.5 Å². The van der Waals surface area contributed by atoms with Crippen molar-refractivity contribution < 1.29 is 24.2 Å². The van der Waals surface area contributed by atoms with Gasteiger partial charge in [0.05, 0.1) is 11.8 Å². The zero-order valence-corrected chi connectivity index (χ0v) is 19.5. The Hall–Kier alpha value is -2.94. The van der Waals surface area contributed by atoms with Crippen LogP contribution in [0.1, 0.15) is 68.3 Å². The van der Waals surface area contributed by atoms with E-state index < -0.39 is 17.7 Å². The van der Waals surface area contributed by atoms with Crippen molar-refractivity contribution >= 4 is 29.3 Å². The number of Topliss-reactive ketones (excluding diaryl/α,β-unsaturated/α-hetero) is 1. The molecule has 1 saturated carbocycles. The maximum Gasteiger partial charge on any atom is 0.325 e. The van der Waals surface area contributed by atoms with E-state index in [0.29, 0.717) is 24.2 Å². The van der Waals surface area contributed by atoms with Gasteiger partial charge in [-0.2, -0.15) is 0 Å². The molecule has 1 fully saturated rings. The molecule has 0 aromatic heterocycles. The quantitative estimate of drug-likeness (QED) is 0.330. The van der Waals surface area contributed by atoms with Crippen LogP contribution in [0.15, 0.2) is 23.2 Å². The molecular formula is C24H34N4O5. The van der Waals surface area contributed by atoms with E-state index in [1.54, 1.807) is 41.8 Å². The number of aliphatic imine (C=N–C) groups is 1. The van der Waals surface area contributed by atoms with Crippen molar-refractivity contribution in [2.75, 3.05) is 19.7 Å². The average Bonchev–Trinajstić information content (AvgIpc) is 2.79. The molecule has 180 valence electrons. The third kappa shape index (κ3) is 6.10. The number of fused-ring (bicyclic) bond motifs is 1. The largest absolute Gasteiger partial charge is 0.462 e. The molecule has 9 heteroatoms. The minimum atomic E-state index is -0.601. The van der Waals surface area contributed by atoms with Gasteiger partial charge in [-0.1, -0.05) is 31.4 Å². The van der Waals surface area contributed by atoms with Gasteiger partial charge in [0.2, 0.25) is 0 Å². The van der Waals surface area contributed by atoms with Gasteiger partial charge in [-0.3, -0.25) is 14.4 Å². The molecule has 2 aliphatic rings. The Bertz CT molecular complexity index is 908. The van der Waals surface area contributed by atoms with Crippen LogP contribution in [0.2, 0.25) is 0 Å². The number of hydrogen-bond donors (Lipinski definition) is 2. The minimum absolute atomic E-state index is 0.0113. The molecule has 0 unspecified atom stereocenters. The van der Waals surface area contributed by atoms with Crippen LogP contribution in [0.3, 0.4) is 0 Å². The number of rotatable bonds is 9. The van der Waals surface area contributed by atoms with E-state index >= 15 is 0 Å². The first-order valence-electron chi connectivity index (χ1n) is 11.7. The second-order valence-corrected chi connectivity index (χ2v) is 8.86. The van der Waals surface area contributed by atoms with Crippen molar-refractivity contribution in [1.29, 1.82) is 0 Å². The molecular weight excluding hydrogens is 424 g/mol. The number of hydrogen-bond acceptors (Lipinski definition) is 8. The molecule has 1 aliphatic heterocycles. The smallest absolute Gasteiger partial charge is 0.325 e. The van der Waals surface area contributed by atoms with Crippen LogP contribution in [0.5, 0.6) is 0 Å². The number of guanidine groups is 1. The molecule has 0 radical (unpaired) electrons. The summed E-state index contributed by atoms with van der Waals surface area (Å²) in [5.74, 6) is -1.45. The highest BCUT2D eigenvalue weighted by molar-refractivity contribution is 6.43. The summed E-state index contributed by atoms with van der Waals surface area (Å²) in [5.41, 5.74) is 7.38. The fourth-order valence-corrected chi connectivity index (χ4v) is 4.45. The zero-order chi connectivity index (χ0) is 24.0. The van der Waals surface area contributed by atoms with Gasteiger partial charge in [0, 0.05) is 36.9 Å². The molecule has 9 nitrogen and oxygen atoms in total. The predicted octanol–water partition coefficient (Wildman–Crippen LogP) is 2.13. The van der Waals surface area contributed by atoms with Crippen LogP contribution in [-0.2, 0) is 20.9 Å². The number of carbonyl (C=O) groups excluding carboxylic acids is 3. The van der Waals surface area contributed by atoms with Crippen LogP contribution in [-0.4, -0.2) is 70.4 Å². The Morgan fingerprint density at radius 3 is 2.64 bits per heavy atom. The molecule has 1 aliphatic carbocycles. The molecule has 0 bridgehead atoms. The fourth-order valence-electron chi connectivity index (χ4n) is 4.45. The molecule has 0 spiro atoms. The van der Waals surface area contributed by atoms with E-state index in [2.05, 4.69) is 4.99 Å². The van der Waals surface area contributed by atoms with Gasteiger partial charge >= 0.3 is 5.97 Å². The minimum Gasteiger partial charge on any atom is -0.462 e. The number of aliphatic hydroxyl groups excluding tert-OH is 1. The van der Waals surface area contributed by atoms with Crippen LogP contribution >= 0.6 is 0 Å². The van der Waals surface area contributed by atoms with Crippen molar-refractivity contribution in [3.8, 4) is 0 Å².